The zero-order valence-electron chi connectivity index (χ0n) is 14.8. The van der Waals surface area contributed by atoms with Crippen LogP contribution in [0.25, 0.3) is 0 Å². The van der Waals surface area contributed by atoms with E-state index < -0.39 is 5.54 Å². The second-order valence-electron chi connectivity index (χ2n) is 7.54. The van der Waals surface area contributed by atoms with E-state index in [0.717, 1.165) is 26.4 Å². The lowest BCUT2D eigenvalue weighted by Gasteiger charge is -2.49. The second-order valence-corrected chi connectivity index (χ2v) is 7.54. The number of nitro groups is 1. The van der Waals surface area contributed by atoms with Gasteiger partial charge < -0.3 is 0 Å². The molecule has 0 atom stereocenters. The molecule has 136 valence electrons. The van der Waals surface area contributed by atoms with Crippen molar-refractivity contribution in [1.29, 1.82) is 0 Å². The Morgan fingerprint density at radius 2 is 1.27 bits per heavy atom. The molecule has 2 bridgehead atoms. The fraction of sp³-hybridized carbons (Fsp3) is 0.400. The Morgan fingerprint density at radius 1 is 0.808 bits per heavy atom. The summed E-state index contributed by atoms with van der Waals surface area (Å²) in [5, 5.41) is 12.0. The fourth-order valence-electron chi connectivity index (χ4n) is 4.28. The maximum absolute atomic E-state index is 12.0. The van der Waals surface area contributed by atoms with Crippen LogP contribution in [0.15, 0.2) is 60.7 Å². The van der Waals surface area contributed by atoms with E-state index in [1.807, 2.05) is 36.4 Å². The number of fused-ring (bicyclic) bond motifs is 2. The summed E-state index contributed by atoms with van der Waals surface area (Å²) in [6.07, 6.45) is 0. The van der Waals surface area contributed by atoms with Crippen molar-refractivity contribution in [1.82, 2.24) is 14.7 Å². The number of hydrogen-bond acceptors (Lipinski definition) is 5. The van der Waals surface area contributed by atoms with E-state index in [1.54, 1.807) is 0 Å². The van der Waals surface area contributed by atoms with Crippen LogP contribution in [0.5, 0.6) is 0 Å². The summed E-state index contributed by atoms with van der Waals surface area (Å²) in [5.41, 5.74) is 1.49. The highest BCUT2D eigenvalue weighted by molar-refractivity contribution is 5.16. The van der Waals surface area contributed by atoms with E-state index >= 15 is 0 Å². The Kier molecular flexibility index (Phi) is 4.72. The minimum absolute atomic E-state index is 0.0473. The minimum atomic E-state index is -0.917. The third-order valence-corrected chi connectivity index (χ3v) is 5.24. The topological polar surface area (TPSA) is 52.9 Å². The van der Waals surface area contributed by atoms with Crippen LogP contribution in [0.2, 0.25) is 0 Å². The van der Waals surface area contributed by atoms with Gasteiger partial charge in [-0.05, 0) is 11.1 Å². The number of nitrogens with zero attached hydrogens (tertiary/aromatic N) is 4. The number of benzene rings is 2. The van der Waals surface area contributed by atoms with Gasteiger partial charge in [0.25, 0.3) is 5.54 Å². The first-order valence-corrected chi connectivity index (χ1v) is 9.02. The molecular weight excluding hydrogens is 328 g/mol. The molecule has 0 amide bonds. The standard InChI is InChI=1S/C20H24N4O2/c25-24(26)20-13-21(11-18-7-3-1-4-8-18)16-23(15-20)17-22(14-20)12-19-9-5-2-6-10-19/h1-10H,11-17H2. The molecule has 6 nitrogen and oxygen atoms in total. The first-order valence-electron chi connectivity index (χ1n) is 9.02. The predicted molar refractivity (Wildman–Crippen MR) is 99.9 cm³/mol. The Morgan fingerprint density at radius 3 is 1.69 bits per heavy atom. The van der Waals surface area contributed by atoms with Crippen LogP contribution >= 0.6 is 0 Å². The summed E-state index contributed by atoms with van der Waals surface area (Å²) in [5.74, 6) is 0. The maximum Gasteiger partial charge on any atom is 0.259 e. The molecule has 2 saturated heterocycles. The molecule has 0 N–H and O–H groups in total. The van der Waals surface area contributed by atoms with Gasteiger partial charge in [-0.1, -0.05) is 60.7 Å². The lowest BCUT2D eigenvalue weighted by Crippen LogP contribution is -2.71. The van der Waals surface area contributed by atoms with Crippen molar-refractivity contribution in [2.24, 2.45) is 0 Å². The molecule has 2 aromatic carbocycles. The van der Waals surface area contributed by atoms with Crippen molar-refractivity contribution in [2.75, 3.05) is 33.0 Å². The van der Waals surface area contributed by atoms with Crippen LogP contribution in [0.4, 0.5) is 0 Å². The molecule has 26 heavy (non-hydrogen) atoms. The third kappa shape index (κ3) is 3.62. The Bertz CT molecular complexity index is 699. The molecule has 2 aliphatic heterocycles. The highest BCUT2D eigenvalue weighted by Crippen LogP contribution is 2.28. The maximum atomic E-state index is 12.0. The molecule has 2 aromatic rings. The molecule has 0 saturated carbocycles. The van der Waals surface area contributed by atoms with Gasteiger partial charge in [0.15, 0.2) is 0 Å². The van der Waals surface area contributed by atoms with E-state index in [-0.39, 0.29) is 4.92 Å². The van der Waals surface area contributed by atoms with Crippen molar-refractivity contribution in [3.8, 4) is 0 Å². The van der Waals surface area contributed by atoms with E-state index in [4.69, 9.17) is 0 Å². The molecule has 4 rings (SSSR count). The summed E-state index contributed by atoms with van der Waals surface area (Å²) in [6.45, 7) is 4.59. The van der Waals surface area contributed by atoms with Crippen LogP contribution in [-0.2, 0) is 13.1 Å². The van der Waals surface area contributed by atoms with Gasteiger partial charge in [0.2, 0.25) is 0 Å². The molecule has 0 radical (unpaired) electrons. The molecule has 2 fully saturated rings. The fourth-order valence-corrected chi connectivity index (χ4v) is 4.28. The van der Waals surface area contributed by atoms with Gasteiger partial charge in [-0.3, -0.25) is 24.8 Å². The van der Waals surface area contributed by atoms with Crippen molar-refractivity contribution >= 4 is 0 Å². The summed E-state index contributed by atoms with van der Waals surface area (Å²) < 4.78 is 0. The van der Waals surface area contributed by atoms with Crippen molar-refractivity contribution < 1.29 is 4.92 Å². The largest absolute Gasteiger partial charge is 0.279 e. The Hall–Kier alpha value is -2.28. The Balaban J connectivity index is 1.49. The van der Waals surface area contributed by atoms with Crippen LogP contribution in [0.3, 0.4) is 0 Å². The van der Waals surface area contributed by atoms with Gasteiger partial charge in [-0.25, -0.2) is 0 Å². The first-order chi connectivity index (χ1) is 12.6. The molecule has 2 heterocycles. The molecule has 2 aliphatic rings. The SMILES string of the molecule is O=[N+]([O-])C12CN(Cc3ccccc3)CN(CN(Cc3ccccc3)C1)C2. The van der Waals surface area contributed by atoms with E-state index in [0.29, 0.717) is 19.6 Å². The normalized spacial score (nSPS) is 26.5. The van der Waals surface area contributed by atoms with Crippen LogP contribution in [0.1, 0.15) is 11.1 Å². The number of hydrogen-bond donors (Lipinski definition) is 0. The van der Waals surface area contributed by atoms with Gasteiger partial charge in [0, 0.05) is 18.0 Å². The summed E-state index contributed by atoms with van der Waals surface area (Å²) in [4.78, 5) is 18.6. The van der Waals surface area contributed by atoms with Crippen molar-refractivity contribution in [3.63, 3.8) is 0 Å². The predicted octanol–water partition coefficient (Wildman–Crippen LogP) is 2.25. The minimum Gasteiger partial charge on any atom is -0.279 e. The van der Waals surface area contributed by atoms with Gasteiger partial charge in [-0.15, -0.1) is 0 Å². The summed E-state index contributed by atoms with van der Waals surface area (Å²) in [7, 11) is 0. The summed E-state index contributed by atoms with van der Waals surface area (Å²) in [6, 6.07) is 20.4. The molecule has 6 heteroatoms. The second kappa shape index (κ2) is 7.15. The van der Waals surface area contributed by atoms with Gasteiger partial charge in [-0.2, -0.15) is 0 Å². The van der Waals surface area contributed by atoms with Crippen molar-refractivity contribution in [3.05, 3.63) is 81.9 Å². The van der Waals surface area contributed by atoms with E-state index in [2.05, 4.69) is 39.0 Å². The monoisotopic (exact) mass is 352 g/mol. The molecule has 0 spiro atoms. The highest BCUT2D eigenvalue weighted by Gasteiger charge is 2.53. The quantitative estimate of drug-likeness (QED) is 0.610. The van der Waals surface area contributed by atoms with Gasteiger partial charge >= 0.3 is 0 Å². The number of rotatable bonds is 5. The lowest BCUT2D eigenvalue weighted by atomic mass is 9.93. The lowest BCUT2D eigenvalue weighted by molar-refractivity contribution is -0.581. The van der Waals surface area contributed by atoms with Gasteiger partial charge in [0.05, 0.1) is 33.0 Å². The van der Waals surface area contributed by atoms with Crippen molar-refractivity contribution in [2.45, 2.75) is 18.6 Å². The van der Waals surface area contributed by atoms with E-state index in [9.17, 15) is 10.1 Å². The van der Waals surface area contributed by atoms with Crippen LogP contribution in [-0.4, -0.2) is 58.1 Å². The first kappa shape index (κ1) is 17.1. The van der Waals surface area contributed by atoms with Crippen LogP contribution in [0, 0.1) is 10.1 Å². The Labute approximate surface area is 153 Å². The highest BCUT2D eigenvalue weighted by atomic mass is 16.6. The molecule has 0 aliphatic carbocycles. The molecule has 0 aromatic heterocycles. The van der Waals surface area contributed by atoms with Crippen LogP contribution < -0.4 is 0 Å². The third-order valence-electron chi connectivity index (χ3n) is 5.24. The average Bonchev–Trinajstić information content (AvgIpc) is 2.62. The molecule has 0 unspecified atom stereocenters. The van der Waals surface area contributed by atoms with E-state index in [1.165, 1.54) is 11.1 Å². The average molecular weight is 352 g/mol. The zero-order chi connectivity index (χ0) is 18.0. The summed E-state index contributed by atoms with van der Waals surface area (Å²) >= 11 is 0. The zero-order valence-corrected chi connectivity index (χ0v) is 14.8. The smallest absolute Gasteiger partial charge is 0.259 e. The van der Waals surface area contributed by atoms with Gasteiger partial charge in [0.1, 0.15) is 0 Å². The molecular formula is C20H24N4O2.